The molecule has 31 heavy (non-hydrogen) atoms. The summed E-state index contributed by atoms with van der Waals surface area (Å²) in [6, 6.07) is 9.58. The number of carbonyl (C=O) groups is 2. The van der Waals surface area contributed by atoms with E-state index in [1.54, 1.807) is 13.0 Å². The van der Waals surface area contributed by atoms with E-state index >= 15 is 0 Å². The zero-order valence-electron chi connectivity index (χ0n) is 16.9. The third kappa shape index (κ3) is 6.47. The first kappa shape index (κ1) is 24.2. The van der Waals surface area contributed by atoms with Gasteiger partial charge in [0, 0.05) is 16.1 Å². The van der Waals surface area contributed by atoms with Crippen LogP contribution in [0.4, 0.5) is 5.69 Å². The molecule has 7 nitrogen and oxygen atoms in total. The number of carbonyl (C=O) groups excluding carboxylic acids is 2. The fraction of sp³-hybridized carbons (Fsp3) is 0.0909. The number of benzene rings is 2. The molecule has 0 aliphatic heterocycles. The summed E-state index contributed by atoms with van der Waals surface area (Å²) in [4.78, 5) is 24.4. The van der Waals surface area contributed by atoms with E-state index in [9.17, 15) is 18.0 Å². The van der Waals surface area contributed by atoms with Crippen molar-refractivity contribution in [1.82, 2.24) is 0 Å². The fourth-order valence-electron chi connectivity index (χ4n) is 2.54. The van der Waals surface area contributed by atoms with Crippen LogP contribution in [0.25, 0.3) is 0 Å². The molecule has 0 bridgehead atoms. The predicted molar refractivity (Wildman–Crippen MR) is 119 cm³/mol. The molecule has 0 atom stereocenters. The Morgan fingerprint density at radius 1 is 1.10 bits per heavy atom. The first-order chi connectivity index (χ1) is 14.5. The van der Waals surface area contributed by atoms with Gasteiger partial charge in [-0.25, -0.2) is 13.6 Å². The number of halogens is 1. The number of nitrogens with one attached hydrogen (secondary N) is 1. The number of anilines is 1. The highest BCUT2D eigenvalue weighted by Crippen LogP contribution is 2.26. The number of Topliss-reactive ketones (excluding diaryl/α,β-unsaturated/α-hetero) is 2. The average molecular weight is 462 g/mol. The Morgan fingerprint density at radius 3 is 2.29 bits per heavy atom. The minimum atomic E-state index is -4.05. The molecule has 0 fully saturated rings. The van der Waals surface area contributed by atoms with Crippen LogP contribution in [0.1, 0.15) is 34.6 Å². The van der Waals surface area contributed by atoms with Crippen molar-refractivity contribution < 1.29 is 28.7 Å². The Kier molecular flexibility index (Phi) is 8.07. The van der Waals surface area contributed by atoms with Gasteiger partial charge in [-0.3, -0.25) is 14.3 Å². The third-order valence-corrected chi connectivity index (χ3v) is 5.72. The molecule has 4 N–H and O–H groups in total. The maximum atomic E-state index is 13.1. The van der Waals surface area contributed by atoms with E-state index in [2.05, 4.69) is 11.3 Å². The number of hydroxylamine groups is 1. The molecule has 0 spiro atoms. The van der Waals surface area contributed by atoms with E-state index in [4.69, 9.17) is 16.8 Å². The second-order valence-electron chi connectivity index (χ2n) is 6.66. The number of hydrogen-bond acceptors (Lipinski definition) is 5. The lowest BCUT2D eigenvalue weighted by atomic mass is 10.0. The number of nitrogens with two attached hydrogens (primary N) is 1. The standard InChI is InChI=1S/C22H21ClN2O5S/c1-14(2)4-5-17(13-24-28)22(27)20-12-18(23)8-11-21(20)25-31(29,30)19-9-6-16(7-10-19)15(3)26/h4-13,24-25,28H,1H2,2-3H3/p+1/b5-4-,17-13+. The van der Waals surface area contributed by atoms with Crippen molar-refractivity contribution >= 4 is 38.9 Å². The van der Waals surface area contributed by atoms with Crippen molar-refractivity contribution in [2.24, 2.45) is 0 Å². The zero-order chi connectivity index (χ0) is 23.2. The number of allylic oxidation sites excluding steroid dienone is 4. The molecule has 0 saturated carbocycles. The van der Waals surface area contributed by atoms with Crippen LogP contribution < -0.4 is 10.2 Å². The van der Waals surface area contributed by atoms with Gasteiger partial charge in [0.15, 0.2) is 5.78 Å². The minimum absolute atomic E-state index is 0.00380. The summed E-state index contributed by atoms with van der Waals surface area (Å²) < 4.78 is 28.0. The van der Waals surface area contributed by atoms with Gasteiger partial charge in [-0.2, -0.15) is 5.48 Å². The van der Waals surface area contributed by atoms with Gasteiger partial charge in [0.25, 0.3) is 10.0 Å². The van der Waals surface area contributed by atoms with Crippen LogP contribution in [-0.4, -0.2) is 25.2 Å². The number of ketones is 2. The summed E-state index contributed by atoms with van der Waals surface area (Å²) in [6.45, 7) is 6.83. The van der Waals surface area contributed by atoms with E-state index in [-0.39, 0.29) is 32.5 Å². The van der Waals surface area contributed by atoms with E-state index in [0.717, 1.165) is 0 Å². The van der Waals surface area contributed by atoms with Crippen LogP contribution in [0.2, 0.25) is 5.02 Å². The SMILES string of the molecule is C=C(C)/C=C\C(=C/[NH2+]O)C(=O)c1cc(Cl)ccc1NS(=O)(=O)c1ccc(C(C)=O)cc1. The van der Waals surface area contributed by atoms with Crippen LogP contribution in [0.3, 0.4) is 0 Å². The van der Waals surface area contributed by atoms with Crippen LogP contribution in [0.15, 0.2) is 83.4 Å². The molecular formula is C22H22ClN2O5S+. The highest BCUT2D eigenvalue weighted by Gasteiger charge is 2.21. The number of hydrogen-bond donors (Lipinski definition) is 3. The van der Waals surface area contributed by atoms with E-state index < -0.39 is 15.8 Å². The van der Waals surface area contributed by atoms with Crippen molar-refractivity contribution in [3.05, 3.63) is 94.7 Å². The molecule has 0 unspecified atom stereocenters. The minimum Gasteiger partial charge on any atom is -0.295 e. The summed E-state index contributed by atoms with van der Waals surface area (Å²) in [6.07, 6.45) is 4.22. The van der Waals surface area contributed by atoms with Crippen LogP contribution >= 0.6 is 11.6 Å². The summed E-state index contributed by atoms with van der Waals surface area (Å²) >= 11 is 6.04. The predicted octanol–water partition coefficient (Wildman–Crippen LogP) is 3.49. The number of rotatable bonds is 9. The Morgan fingerprint density at radius 2 is 1.74 bits per heavy atom. The smallest absolute Gasteiger partial charge is 0.261 e. The van der Waals surface area contributed by atoms with Gasteiger partial charge in [-0.05, 0) is 50.3 Å². The van der Waals surface area contributed by atoms with Gasteiger partial charge < -0.3 is 0 Å². The quantitative estimate of drug-likeness (QED) is 0.229. The Hall–Kier alpha value is -3.04. The molecule has 9 heteroatoms. The molecule has 0 saturated heterocycles. The molecule has 162 valence electrons. The van der Waals surface area contributed by atoms with Crippen LogP contribution in [-0.2, 0) is 10.0 Å². The van der Waals surface area contributed by atoms with Gasteiger partial charge in [0.1, 0.15) is 6.20 Å². The number of quaternary nitrogens is 1. The monoisotopic (exact) mass is 461 g/mol. The molecule has 0 aliphatic rings. The first-order valence-corrected chi connectivity index (χ1v) is 10.9. The van der Waals surface area contributed by atoms with Gasteiger partial charge in [-0.1, -0.05) is 42.0 Å². The van der Waals surface area contributed by atoms with E-state index in [0.29, 0.717) is 16.6 Å². The van der Waals surface area contributed by atoms with Crippen molar-refractivity contribution in [2.75, 3.05) is 4.72 Å². The summed E-state index contributed by atoms with van der Waals surface area (Å²) in [5.41, 5.74) is 1.87. The normalized spacial score (nSPS) is 12.1. The topological polar surface area (TPSA) is 117 Å². The lowest BCUT2D eigenvalue weighted by Crippen LogP contribution is -2.74. The second kappa shape index (κ2) is 10.3. The molecule has 0 amide bonds. The molecule has 0 heterocycles. The van der Waals surface area contributed by atoms with Crippen molar-refractivity contribution in [1.29, 1.82) is 0 Å². The number of sulfonamides is 1. The molecule has 0 aliphatic carbocycles. The second-order valence-corrected chi connectivity index (χ2v) is 8.77. The lowest BCUT2D eigenvalue weighted by Gasteiger charge is -2.13. The maximum Gasteiger partial charge on any atom is 0.261 e. The highest BCUT2D eigenvalue weighted by molar-refractivity contribution is 7.92. The van der Waals surface area contributed by atoms with E-state index in [1.807, 2.05) is 0 Å². The Labute approximate surface area is 185 Å². The van der Waals surface area contributed by atoms with Crippen molar-refractivity contribution in [3.8, 4) is 0 Å². The Balaban J connectivity index is 2.47. The van der Waals surface area contributed by atoms with E-state index in [1.165, 1.54) is 61.7 Å². The van der Waals surface area contributed by atoms with Crippen molar-refractivity contribution in [2.45, 2.75) is 18.7 Å². The maximum absolute atomic E-state index is 13.1. The third-order valence-electron chi connectivity index (χ3n) is 4.11. The van der Waals surface area contributed by atoms with Gasteiger partial charge in [0.2, 0.25) is 5.78 Å². The fourth-order valence-corrected chi connectivity index (χ4v) is 3.79. The molecule has 2 aromatic rings. The Bertz CT molecular complexity index is 1180. The largest absolute Gasteiger partial charge is 0.295 e. The molecule has 0 aromatic heterocycles. The zero-order valence-corrected chi connectivity index (χ0v) is 18.5. The molecule has 0 radical (unpaired) electrons. The molecular weight excluding hydrogens is 440 g/mol. The lowest BCUT2D eigenvalue weighted by molar-refractivity contribution is -0.838. The molecule has 2 aromatic carbocycles. The van der Waals surface area contributed by atoms with Gasteiger partial charge in [0.05, 0.1) is 16.2 Å². The highest BCUT2D eigenvalue weighted by atomic mass is 35.5. The molecule has 2 rings (SSSR count). The summed E-state index contributed by atoms with van der Waals surface area (Å²) in [7, 11) is -4.05. The first-order valence-electron chi connectivity index (χ1n) is 9.04. The summed E-state index contributed by atoms with van der Waals surface area (Å²) in [5.74, 6) is -0.750. The average Bonchev–Trinajstić information content (AvgIpc) is 2.71. The summed E-state index contributed by atoms with van der Waals surface area (Å²) in [5, 5.41) is 9.38. The van der Waals surface area contributed by atoms with Crippen LogP contribution in [0, 0.1) is 0 Å². The van der Waals surface area contributed by atoms with Gasteiger partial charge >= 0.3 is 0 Å². The van der Waals surface area contributed by atoms with Gasteiger partial charge in [-0.15, -0.1) is 0 Å². The van der Waals surface area contributed by atoms with Crippen LogP contribution in [0.5, 0.6) is 0 Å². The van der Waals surface area contributed by atoms with Crippen molar-refractivity contribution in [3.63, 3.8) is 0 Å².